The molecule has 1 heterocycles. The summed E-state index contributed by atoms with van der Waals surface area (Å²) >= 11 is 0. The van der Waals surface area contributed by atoms with Gasteiger partial charge in [-0.25, -0.2) is 4.98 Å². The molecule has 2 N–H and O–H groups in total. The smallest absolute Gasteiger partial charge is 0.301 e. The van der Waals surface area contributed by atoms with Gasteiger partial charge in [-0.3, -0.25) is 0 Å². The first-order valence-electron chi connectivity index (χ1n) is 5.67. The first-order chi connectivity index (χ1) is 8.11. The van der Waals surface area contributed by atoms with E-state index in [-0.39, 0.29) is 0 Å². The lowest BCUT2D eigenvalue weighted by Crippen LogP contribution is -1.99. The van der Waals surface area contributed by atoms with E-state index in [9.17, 15) is 0 Å². The van der Waals surface area contributed by atoms with E-state index >= 15 is 0 Å². The molecule has 0 spiro atoms. The van der Waals surface area contributed by atoms with Crippen molar-refractivity contribution in [2.75, 3.05) is 5.73 Å². The molecule has 0 aliphatic heterocycles. The number of aromatic nitrogens is 2. The number of imidazole rings is 1. The fraction of sp³-hybridized carbons (Fsp3) is 0.308. The van der Waals surface area contributed by atoms with Gasteiger partial charge in [-0.1, -0.05) is 6.07 Å². The summed E-state index contributed by atoms with van der Waals surface area (Å²) in [5.41, 5.74) is 8.74. The molecule has 4 heteroatoms. The number of hydrogen-bond donors (Lipinski definition) is 1. The van der Waals surface area contributed by atoms with Crippen LogP contribution in [0, 0.1) is 13.8 Å². The minimum atomic E-state index is 0.596. The Hall–Kier alpha value is -1.97. The molecule has 0 radical (unpaired) electrons. The fourth-order valence-corrected chi connectivity index (χ4v) is 1.70. The summed E-state index contributed by atoms with van der Waals surface area (Å²) in [4.78, 5) is 4.18. The number of nitrogens with two attached hydrogens (primary N) is 1. The van der Waals surface area contributed by atoms with Crippen molar-refractivity contribution >= 4 is 5.69 Å². The molecule has 0 saturated heterocycles. The third-order valence-corrected chi connectivity index (χ3v) is 2.78. The molecule has 0 unspecified atom stereocenters. The van der Waals surface area contributed by atoms with Gasteiger partial charge in [-0.15, -0.1) is 0 Å². The minimum Gasteiger partial charge on any atom is -0.425 e. The normalized spacial score (nSPS) is 10.5. The highest BCUT2D eigenvalue weighted by molar-refractivity contribution is 5.54. The predicted octanol–water partition coefficient (Wildman–Crippen LogP) is 2.89. The van der Waals surface area contributed by atoms with E-state index in [0.29, 0.717) is 6.01 Å². The molecule has 2 aromatic rings. The first-order valence-corrected chi connectivity index (χ1v) is 5.67. The second kappa shape index (κ2) is 4.49. The number of rotatable bonds is 3. The second-order valence-corrected chi connectivity index (χ2v) is 4.07. The van der Waals surface area contributed by atoms with E-state index in [2.05, 4.69) is 4.98 Å². The van der Waals surface area contributed by atoms with Gasteiger partial charge in [0.25, 0.3) is 0 Å². The summed E-state index contributed by atoms with van der Waals surface area (Å²) in [6.07, 6.45) is 3.62. The average Bonchev–Trinajstić information content (AvgIpc) is 2.73. The molecule has 4 nitrogen and oxygen atoms in total. The van der Waals surface area contributed by atoms with Crippen molar-refractivity contribution < 1.29 is 4.74 Å². The van der Waals surface area contributed by atoms with Gasteiger partial charge in [0, 0.05) is 30.7 Å². The predicted molar refractivity (Wildman–Crippen MR) is 68.3 cm³/mol. The van der Waals surface area contributed by atoms with Crippen LogP contribution in [0.15, 0.2) is 24.5 Å². The van der Waals surface area contributed by atoms with Crippen LogP contribution in [0.1, 0.15) is 18.1 Å². The topological polar surface area (TPSA) is 53.1 Å². The second-order valence-electron chi connectivity index (χ2n) is 4.07. The summed E-state index contributed by atoms with van der Waals surface area (Å²) in [6, 6.07) is 4.46. The first kappa shape index (κ1) is 11.5. The molecule has 0 aliphatic carbocycles. The van der Waals surface area contributed by atoms with Crippen LogP contribution in [0.25, 0.3) is 0 Å². The quantitative estimate of drug-likeness (QED) is 0.826. The van der Waals surface area contributed by atoms with E-state index in [1.165, 1.54) is 0 Å². The number of benzene rings is 1. The van der Waals surface area contributed by atoms with Crippen LogP contribution in [-0.2, 0) is 6.54 Å². The van der Waals surface area contributed by atoms with E-state index < -0.39 is 0 Å². The molecular weight excluding hydrogens is 214 g/mol. The lowest BCUT2D eigenvalue weighted by Gasteiger charge is -2.11. The minimum absolute atomic E-state index is 0.596. The van der Waals surface area contributed by atoms with Crippen LogP contribution < -0.4 is 10.5 Å². The Morgan fingerprint density at radius 3 is 2.76 bits per heavy atom. The van der Waals surface area contributed by atoms with Crippen LogP contribution in [0.3, 0.4) is 0 Å². The third kappa shape index (κ3) is 2.25. The zero-order valence-corrected chi connectivity index (χ0v) is 10.4. The number of hydrogen-bond acceptors (Lipinski definition) is 3. The Bertz CT molecular complexity index is 531. The maximum atomic E-state index is 5.88. The Balaban J connectivity index is 2.33. The van der Waals surface area contributed by atoms with Gasteiger partial charge in [-0.05, 0) is 31.9 Å². The summed E-state index contributed by atoms with van der Waals surface area (Å²) in [5, 5.41) is 0. The lowest BCUT2D eigenvalue weighted by molar-refractivity contribution is 0.413. The van der Waals surface area contributed by atoms with Crippen molar-refractivity contribution in [3.63, 3.8) is 0 Å². The van der Waals surface area contributed by atoms with Crippen molar-refractivity contribution in [3.05, 3.63) is 35.7 Å². The zero-order valence-electron chi connectivity index (χ0n) is 10.4. The van der Waals surface area contributed by atoms with Gasteiger partial charge in [0.15, 0.2) is 0 Å². The maximum absolute atomic E-state index is 5.88. The molecule has 0 saturated carbocycles. The summed E-state index contributed by atoms with van der Waals surface area (Å²) in [5.74, 6) is 0.758. The van der Waals surface area contributed by atoms with E-state index in [1.807, 2.05) is 43.7 Å². The number of nitrogens with zero attached hydrogens (tertiary/aromatic N) is 2. The molecule has 1 aromatic heterocycles. The van der Waals surface area contributed by atoms with Crippen molar-refractivity contribution in [1.29, 1.82) is 0 Å². The van der Waals surface area contributed by atoms with Crippen LogP contribution in [-0.4, -0.2) is 9.55 Å². The highest BCUT2D eigenvalue weighted by Gasteiger charge is 2.08. The fourth-order valence-electron chi connectivity index (χ4n) is 1.70. The number of nitrogen functional groups attached to an aromatic ring is 1. The molecule has 17 heavy (non-hydrogen) atoms. The average molecular weight is 231 g/mol. The zero-order chi connectivity index (χ0) is 12.4. The molecule has 0 amide bonds. The maximum Gasteiger partial charge on any atom is 0.301 e. The molecule has 90 valence electrons. The molecular formula is C13H17N3O. The Morgan fingerprint density at radius 1 is 1.29 bits per heavy atom. The Morgan fingerprint density at radius 2 is 2.06 bits per heavy atom. The van der Waals surface area contributed by atoms with Crippen LogP contribution in [0.2, 0.25) is 0 Å². The molecule has 1 aromatic carbocycles. The molecule has 0 atom stereocenters. The highest BCUT2D eigenvalue weighted by atomic mass is 16.5. The van der Waals surface area contributed by atoms with Crippen LogP contribution in [0.4, 0.5) is 5.69 Å². The third-order valence-electron chi connectivity index (χ3n) is 2.78. The standard InChI is InChI=1S/C13H17N3O/c1-4-16-6-5-15-13(16)17-12-8-11(14)9(2)7-10(12)3/h5-8H,4,14H2,1-3H3. The number of anilines is 1. The van der Waals surface area contributed by atoms with Gasteiger partial charge < -0.3 is 15.0 Å². The van der Waals surface area contributed by atoms with Crippen molar-refractivity contribution in [2.24, 2.45) is 0 Å². The van der Waals surface area contributed by atoms with Crippen LogP contribution >= 0.6 is 0 Å². The molecule has 0 bridgehead atoms. The van der Waals surface area contributed by atoms with E-state index in [4.69, 9.17) is 10.5 Å². The van der Waals surface area contributed by atoms with Crippen LogP contribution in [0.5, 0.6) is 11.8 Å². The van der Waals surface area contributed by atoms with Crippen molar-refractivity contribution in [2.45, 2.75) is 27.3 Å². The van der Waals surface area contributed by atoms with Gasteiger partial charge in [-0.2, -0.15) is 0 Å². The van der Waals surface area contributed by atoms with E-state index in [0.717, 1.165) is 29.1 Å². The summed E-state index contributed by atoms with van der Waals surface area (Å²) < 4.78 is 7.72. The molecule has 0 fully saturated rings. The molecule has 0 aliphatic rings. The van der Waals surface area contributed by atoms with Gasteiger partial charge in [0.05, 0.1) is 0 Å². The monoisotopic (exact) mass is 231 g/mol. The van der Waals surface area contributed by atoms with Gasteiger partial charge >= 0.3 is 6.01 Å². The SMILES string of the molecule is CCn1ccnc1Oc1cc(N)c(C)cc1C. The number of aryl methyl sites for hydroxylation is 3. The number of ether oxygens (including phenoxy) is 1. The van der Waals surface area contributed by atoms with Crippen molar-refractivity contribution in [3.8, 4) is 11.8 Å². The Kier molecular flexibility index (Phi) is 3.04. The van der Waals surface area contributed by atoms with Crippen molar-refractivity contribution in [1.82, 2.24) is 9.55 Å². The lowest BCUT2D eigenvalue weighted by atomic mass is 10.1. The summed E-state index contributed by atoms with van der Waals surface area (Å²) in [6.45, 7) is 6.86. The Labute approximate surface area is 101 Å². The highest BCUT2D eigenvalue weighted by Crippen LogP contribution is 2.28. The molecule has 2 rings (SSSR count). The van der Waals surface area contributed by atoms with Gasteiger partial charge in [0.2, 0.25) is 0 Å². The van der Waals surface area contributed by atoms with Gasteiger partial charge in [0.1, 0.15) is 5.75 Å². The van der Waals surface area contributed by atoms with E-state index in [1.54, 1.807) is 6.20 Å². The largest absolute Gasteiger partial charge is 0.425 e. The summed E-state index contributed by atoms with van der Waals surface area (Å²) in [7, 11) is 0.